The lowest BCUT2D eigenvalue weighted by Gasteiger charge is -2.33. The smallest absolute Gasteiger partial charge is 0.137 e. The first-order chi connectivity index (χ1) is 11.7. The fourth-order valence-corrected chi connectivity index (χ4v) is 3.65. The van der Waals surface area contributed by atoms with Gasteiger partial charge in [-0.2, -0.15) is 5.10 Å². The molecule has 1 aromatic carbocycles. The zero-order chi connectivity index (χ0) is 16.8. The topological polar surface area (TPSA) is 52.0 Å². The summed E-state index contributed by atoms with van der Waals surface area (Å²) >= 11 is 0. The van der Waals surface area contributed by atoms with E-state index in [4.69, 9.17) is 4.74 Å². The molecule has 5 nitrogen and oxygen atoms in total. The summed E-state index contributed by atoms with van der Waals surface area (Å²) in [6, 6.07) is 6.39. The number of ether oxygens (including phenoxy) is 1. The molecule has 0 aliphatic heterocycles. The maximum Gasteiger partial charge on any atom is 0.137 e. The number of nitrogens with zero attached hydrogens (tertiary/aromatic N) is 3. The number of aromatic nitrogens is 3. The van der Waals surface area contributed by atoms with E-state index in [2.05, 4.69) is 34.5 Å². The van der Waals surface area contributed by atoms with Gasteiger partial charge in [0.05, 0.1) is 13.7 Å². The van der Waals surface area contributed by atoms with Gasteiger partial charge in [-0.25, -0.2) is 9.67 Å². The van der Waals surface area contributed by atoms with Crippen molar-refractivity contribution in [2.24, 2.45) is 5.41 Å². The second-order valence-electron chi connectivity index (χ2n) is 7.21. The number of nitrogens with one attached hydrogen (secondary N) is 1. The Morgan fingerprint density at radius 2 is 2.08 bits per heavy atom. The molecule has 0 radical (unpaired) electrons. The Hall–Kier alpha value is -1.88. The van der Waals surface area contributed by atoms with Crippen molar-refractivity contribution in [2.75, 3.05) is 13.7 Å². The van der Waals surface area contributed by atoms with Gasteiger partial charge < -0.3 is 10.1 Å². The highest BCUT2D eigenvalue weighted by Crippen LogP contribution is 2.35. The molecule has 1 N–H and O–H groups in total. The van der Waals surface area contributed by atoms with Crippen LogP contribution in [-0.2, 0) is 13.1 Å². The van der Waals surface area contributed by atoms with Crippen molar-refractivity contribution in [3.05, 3.63) is 42.0 Å². The summed E-state index contributed by atoms with van der Waals surface area (Å²) < 4.78 is 7.30. The molecule has 1 saturated carbocycles. The lowest BCUT2D eigenvalue weighted by molar-refractivity contribution is 0.207. The van der Waals surface area contributed by atoms with Crippen LogP contribution in [0.2, 0.25) is 0 Å². The summed E-state index contributed by atoms with van der Waals surface area (Å²) in [4.78, 5) is 4.00. The predicted octanol–water partition coefficient (Wildman–Crippen LogP) is 3.40. The van der Waals surface area contributed by atoms with Crippen LogP contribution >= 0.6 is 0 Å². The van der Waals surface area contributed by atoms with Gasteiger partial charge in [-0.05, 0) is 36.0 Å². The quantitative estimate of drug-likeness (QED) is 0.846. The van der Waals surface area contributed by atoms with Gasteiger partial charge in [0.15, 0.2) is 0 Å². The number of methoxy groups -OCH3 is 1. The maximum absolute atomic E-state index is 5.48. The Kier molecular flexibility index (Phi) is 5.51. The normalized spacial score (nSPS) is 16.9. The van der Waals surface area contributed by atoms with Gasteiger partial charge in [0, 0.05) is 18.7 Å². The molecule has 130 valence electrons. The molecule has 1 aromatic heterocycles. The van der Waals surface area contributed by atoms with E-state index in [1.807, 2.05) is 10.7 Å². The summed E-state index contributed by atoms with van der Waals surface area (Å²) in [5.74, 6) is 0.897. The van der Waals surface area contributed by atoms with Gasteiger partial charge in [-0.3, -0.25) is 0 Å². The fourth-order valence-electron chi connectivity index (χ4n) is 3.65. The Bertz CT molecular complexity index is 633. The highest BCUT2D eigenvalue weighted by molar-refractivity contribution is 5.37. The number of hydrogen-bond acceptors (Lipinski definition) is 4. The van der Waals surface area contributed by atoms with Crippen molar-refractivity contribution in [3.63, 3.8) is 0 Å². The molecule has 0 saturated heterocycles. The second-order valence-corrected chi connectivity index (χ2v) is 7.21. The van der Waals surface area contributed by atoms with Crippen LogP contribution in [0.25, 0.3) is 0 Å². The third kappa shape index (κ3) is 4.35. The first kappa shape index (κ1) is 17.0. The standard InChI is InChI=1S/C19H28N4O/c1-19(8-4-3-5-9-19)13-20-11-16-6-7-18(24-2)17(10-16)12-23-15-21-14-22-23/h6-7,10,14-15,20H,3-5,8-9,11-13H2,1-2H3. The van der Waals surface area contributed by atoms with Gasteiger partial charge in [0.25, 0.3) is 0 Å². The second kappa shape index (κ2) is 7.79. The SMILES string of the molecule is COc1ccc(CNCC2(C)CCCCC2)cc1Cn1cncn1. The molecule has 1 fully saturated rings. The fraction of sp³-hybridized carbons (Fsp3) is 0.579. The molecule has 2 aromatic rings. The van der Waals surface area contributed by atoms with Crippen LogP contribution < -0.4 is 10.1 Å². The average molecular weight is 328 g/mol. The molecule has 0 unspecified atom stereocenters. The van der Waals surface area contributed by atoms with Crippen LogP contribution in [0.1, 0.15) is 50.2 Å². The van der Waals surface area contributed by atoms with Crippen LogP contribution in [-0.4, -0.2) is 28.4 Å². The van der Waals surface area contributed by atoms with Crippen molar-refractivity contribution in [3.8, 4) is 5.75 Å². The van der Waals surface area contributed by atoms with Crippen molar-refractivity contribution >= 4 is 0 Å². The van der Waals surface area contributed by atoms with Gasteiger partial charge in [-0.1, -0.05) is 32.3 Å². The van der Waals surface area contributed by atoms with Crippen molar-refractivity contribution in [2.45, 2.75) is 52.1 Å². The Morgan fingerprint density at radius 1 is 1.25 bits per heavy atom. The third-order valence-electron chi connectivity index (χ3n) is 5.09. The average Bonchev–Trinajstić information content (AvgIpc) is 3.09. The molecule has 0 atom stereocenters. The van der Waals surface area contributed by atoms with E-state index < -0.39 is 0 Å². The lowest BCUT2D eigenvalue weighted by atomic mass is 9.76. The monoisotopic (exact) mass is 328 g/mol. The minimum Gasteiger partial charge on any atom is -0.496 e. The van der Waals surface area contributed by atoms with Crippen LogP contribution in [0, 0.1) is 5.41 Å². The van der Waals surface area contributed by atoms with Gasteiger partial charge in [-0.15, -0.1) is 0 Å². The highest BCUT2D eigenvalue weighted by Gasteiger charge is 2.25. The molecule has 0 amide bonds. The summed E-state index contributed by atoms with van der Waals surface area (Å²) in [5.41, 5.74) is 2.88. The van der Waals surface area contributed by atoms with Gasteiger partial charge in [0.1, 0.15) is 18.4 Å². The molecular formula is C19H28N4O. The number of hydrogen-bond donors (Lipinski definition) is 1. The highest BCUT2D eigenvalue weighted by atomic mass is 16.5. The maximum atomic E-state index is 5.48. The summed E-state index contributed by atoms with van der Waals surface area (Å²) in [5, 5.41) is 7.84. The molecule has 0 spiro atoms. The van der Waals surface area contributed by atoms with E-state index in [-0.39, 0.29) is 0 Å². The summed E-state index contributed by atoms with van der Waals surface area (Å²) in [7, 11) is 1.71. The van der Waals surface area contributed by atoms with Crippen LogP contribution in [0.3, 0.4) is 0 Å². The van der Waals surface area contributed by atoms with E-state index >= 15 is 0 Å². The first-order valence-electron chi connectivity index (χ1n) is 8.87. The third-order valence-corrected chi connectivity index (χ3v) is 5.09. The zero-order valence-corrected chi connectivity index (χ0v) is 14.8. The van der Waals surface area contributed by atoms with E-state index in [0.717, 1.165) is 24.4 Å². The minimum atomic E-state index is 0.467. The largest absolute Gasteiger partial charge is 0.496 e. The lowest BCUT2D eigenvalue weighted by Crippen LogP contribution is -2.33. The van der Waals surface area contributed by atoms with Crippen molar-refractivity contribution in [1.82, 2.24) is 20.1 Å². The van der Waals surface area contributed by atoms with Crippen LogP contribution in [0.5, 0.6) is 5.75 Å². The van der Waals surface area contributed by atoms with Gasteiger partial charge >= 0.3 is 0 Å². The Balaban J connectivity index is 1.61. The van der Waals surface area contributed by atoms with Gasteiger partial charge in [0.2, 0.25) is 0 Å². The molecule has 0 bridgehead atoms. The Labute approximate surface area is 144 Å². The molecule has 1 aliphatic carbocycles. The van der Waals surface area contributed by atoms with E-state index in [1.165, 1.54) is 37.7 Å². The Morgan fingerprint density at radius 3 is 2.79 bits per heavy atom. The zero-order valence-electron chi connectivity index (χ0n) is 14.8. The molecular weight excluding hydrogens is 300 g/mol. The summed E-state index contributed by atoms with van der Waals surface area (Å²) in [6.45, 7) is 5.08. The van der Waals surface area contributed by atoms with Crippen molar-refractivity contribution < 1.29 is 4.74 Å². The van der Waals surface area contributed by atoms with E-state index in [0.29, 0.717) is 12.0 Å². The first-order valence-corrected chi connectivity index (χ1v) is 8.87. The molecule has 24 heavy (non-hydrogen) atoms. The van der Waals surface area contributed by atoms with E-state index in [9.17, 15) is 0 Å². The summed E-state index contributed by atoms with van der Waals surface area (Å²) in [6.07, 6.45) is 10.1. The molecule has 3 rings (SSSR count). The van der Waals surface area contributed by atoms with Crippen LogP contribution in [0.15, 0.2) is 30.9 Å². The number of benzene rings is 1. The molecule has 5 heteroatoms. The number of rotatable bonds is 7. The minimum absolute atomic E-state index is 0.467. The van der Waals surface area contributed by atoms with Crippen molar-refractivity contribution in [1.29, 1.82) is 0 Å². The predicted molar refractivity (Wildman–Crippen MR) is 95.0 cm³/mol. The molecule has 1 heterocycles. The molecule has 1 aliphatic rings. The van der Waals surface area contributed by atoms with Crippen LogP contribution in [0.4, 0.5) is 0 Å². The van der Waals surface area contributed by atoms with E-state index in [1.54, 1.807) is 19.8 Å².